The van der Waals surface area contributed by atoms with Gasteiger partial charge in [0.2, 0.25) is 12.3 Å². The van der Waals surface area contributed by atoms with Crippen LogP contribution in [0.5, 0.6) is 0 Å². The minimum absolute atomic E-state index is 0.249. The first kappa shape index (κ1) is 21.3. The zero-order valence-electron chi connectivity index (χ0n) is 18.4. The fraction of sp³-hybridized carbons (Fsp3) is 0.192. The minimum atomic E-state index is -0.734. The Morgan fingerprint density at radius 3 is 2.38 bits per heavy atom. The highest BCUT2D eigenvalue weighted by atomic mass is 16.2. The molecule has 1 fully saturated rings. The van der Waals surface area contributed by atoms with E-state index in [0.29, 0.717) is 5.56 Å². The maximum absolute atomic E-state index is 12.9. The zero-order valence-corrected chi connectivity index (χ0v) is 18.4. The van der Waals surface area contributed by atoms with Crippen molar-refractivity contribution in [3.8, 4) is 0 Å². The lowest BCUT2D eigenvalue weighted by atomic mass is 9.99. The Balaban J connectivity index is 1.67. The molecule has 2 amide bonds. The molecule has 3 aromatic rings. The summed E-state index contributed by atoms with van der Waals surface area (Å²) in [5.74, 6) is -0.520. The van der Waals surface area contributed by atoms with Crippen molar-refractivity contribution < 1.29 is 14.3 Å². The summed E-state index contributed by atoms with van der Waals surface area (Å²) in [5.41, 5.74) is 7.42. The molecule has 32 heavy (non-hydrogen) atoms. The summed E-state index contributed by atoms with van der Waals surface area (Å²) in [6, 6.07) is 24.0. The molecule has 162 valence electrons. The molecule has 1 saturated heterocycles. The van der Waals surface area contributed by atoms with Gasteiger partial charge in [-0.1, -0.05) is 48.0 Å². The number of aryl methyl sites for hydroxylation is 1. The predicted octanol–water partition coefficient (Wildman–Crippen LogP) is 3.08. The number of hydrazone groups is 1. The standard InChI is InChI=1S/C26H26N4O2/c1-18-8-7-11-21(16-18)25(31)27-23-24(20-9-5-4-6-10-20)30(28-26(23)32)17-19-12-14-22(15-13-19)29(2)3/h4-17,23-24H,1-3H3,(H-,27,28,31,32)/p+1/t23-,24-/m0/s1. The van der Waals surface area contributed by atoms with Crippen LogP contribution in [0.15, 0.2) is 78.9 Å². The molecule has 0 spiro atoms. The van der Waals surface area contributed by atoms with Crippen LogP contribution in [0.4, 0.5) is 5.69 Å². The molecule has 0 saturated carbocycles. The summed E-state index contributed by atoms with van der Waals surface area (Å²) >= 11 is 0. The second kappa shape index (κ2) is 9.06. The molecule has 1 aliphatic rings. The average molecular weight is 428 g/mol. The molecule has 0 aliphatic carbocycles. The molecule has 1 aliphatic heterocycles. The smallest absolute Gasteiger partial charge is 0.304 e. The summed E-state index contributed by atoms with van der Waals surface area (Å²) in [6.45, 7) is 1.93. The molecule has 2 atom stereocenters. The van der Waals surface area contributed by atoms with E-state index in [1.807, 2.05) is 105 Å². The van der Waals surface area contributed by atoms with Crippen LogP contribution in [0, 0.1) is 6.92 Å². The van der Waals surface area contributed by atoms with Gasteiger partial charge < -0.3 is 10.2 Å². The van der Waals surface area contributed by atoms with Crippen LogP contribution < -0.4 is 15.6 Å². The van der Waals surface area contributed by atoms with Crippen molar-refractivity contribution in [3.05, 3.63) is 101 Å². The molecule has 6 heteroatoms. The van der Waals surface area contributed by atoms with Gasteiger partial charge in [0, 0.05) is 36.5 Å². The van der Waals surface area contributed by atoms with E-state index in [0.717, 1.165) is 22.4 Å². The van der Waals surface area contributed by atoms with Gasteiger partial charge in [-0.2, -0.15) is 0 Å². The van der Waals surface area contributed by atoms with Gasteiger partial charge in [-0.05, 0) is 43.3 Å². The van der Waals surface area contributed by atoms with Crippen molar-refractivity contribution in [1.82, 2.24) is 10.7 Å². The molecule has 1 heterocycles. The van der Waals surface area contributed by atoms with E-state index in [9.17, 15) is 9.59 Å². The van der Waals surface area contributed by atoms with E-state index in [2.05, 4.69) is 10.7 Å². The highest BCUT2D eigenvalue weighted by Crippen LogP contribution is 2.25. The third kappa shape index (κ3) is 4.54. The fourth-order valence-electron chi connectivity index (χ4n) is 3.86. The van der Waals surface area contributed by atoms with E-state index < -0.39 is 6.04 Å². The van der Waals surface area contributed by atoms with Crippen LogP contribution in [0.1, 0.15) is 33.1 Å². The molecule has 0 unspecified atom stereocenters. The van der Waals surface area contributed by atoms with Crippen LogP contribution in [0.3, 0.4) is 0 Å². The zero-order chi connectivity index (χ0) is 22.7. The summed E-state index contributed by atoms with van der Waals surface area (Å²) in [6.07, 6.45) is 1.90. The number of nitrogens with one attached hydrogen (secondary N) is 2. The Morgan fingerprint density at radius 1 is 1.00 bits per heavy atom. The van der Waals surface area contributed by atoms with Crippen LogP contribution in [0.25, 0.3) is 0 Å². The van der Waals surface area contributed by atoms with Gasteiger partial charge in [-0.3, -0.25) is 9.59 Å². The number of anilines is 1. The first-order valence-corrected chi connectivity index (χ1v) is 10.6. The van der Waals surface area contributed by atoms with Gasteiger partial charge in [0.15, 0.2) is 6.04 Å². The van der Waals surface area contributed by atoms with Gasteiger partial charge in [0.1, 0.15) is 0 Å². The lowest BCUT2D eigenvalue weighted by Crippen LogP contribution is -2.42. The fourth-order valence-corrected chi connectivity index (χ4v) is 3.86. The number of amides is 2. The van der Waals surface area contributed by atoms with E-state index >= 15 is 0 Å². The number of carbonyl (C=O) groups excluding carboxylic acids is 2. The normalized spacial score (nSPS) is 19.0. The number of rotatable bonds is 5. The predicted molar refractivity (Wildman–Crippen MR) is 126 cm³/mol. The SMILES string of the molecule is Cc1cccc(C(=O)N[C@@H]2C(=O)N/[N+](=C\c3ccc(N(C)C)cc3)[C@H]2c2ccccc2)c1. The second-order valence-electron chi connectivity index (χ2n) is 8.17. The first-order chi connectivity index (χ1) is 15.4. The van der Waals surface area contributed by atoms with Crippen molar-refractivity contribution in [2.75, 3.05) is 19.0 Å². The highest BCUT2D eigenvalue weighted by Gasteiger charge is 2.47. The van der Waals surface area contributed by atoms with Crippen molar-refractivity contribution in [1.29, 1.82) is 0 Å². The van der Waals surface area contributed by atoms with Gasteiger partial charge in [-0.15, -0.1) is 10.1 Å². The Hall–Kier alpha value is -3.93. The van der Waals surface area contributed by atoms with E-state index in [4.69, 9.17) is 0 Å². The van der Waals surface area contributed by atoms with Gasteiger partial charge >= 0.3 is 5.91 Å². The summed E-state index contributed by atoms with van der Waals surface area (Å²) in [7, 11) is 3.98. The van der Waals surface area contributed by atoms with E-state index in [-0.39, 0.29) is 17.9 Å². The number of nitrogens with zero attached hydrogens (tertiary/aromatic N) is 2. The van der Waals surface area contributed by atoms with Gasteiger partial charge in [0.25, 0.3) is 5.91 Å². The van der Waals surface area contributed by atoms with Gasteiger partial charge in [0.05, 0.1) is 0 Å². The quantitative estimate of drug-likeness (QED) is 0.615. The maximum atomic E-state index is 12.9. The number of hydrazine groups is 1. The lowest BCUT2D eigenvalue weighted by molar-refractivity contribution is -0.596. The van der Waals surface area contributed by atoms with Crippen LogP contribution in [-0.4, -0.2) is 42.9 Å². The molecule has 4 rings (SSSR count). The Morgan fingerprint density at radius 2 is 1.72 bits per heavy atom. The van der Waals surface area contributed by atoms with Crippen molar-refractivity contribution >= 4 is 23.7 Å². The van der Waals surface area contributed by atoms with E-state index in [1.165, 1.54) is 0 Å². The number of hydrogen-bond acceptors (Lipinski definition) is 3. The highest BCUT2D eigenvalue weighted by molar-refractivity contribution is 5.98. The van der Waals surface area contributed by atoms with Crippen LogP contribution in [0.2, 0.25) is 0 Å². The second-order valence-corrected chi connectivity index (χ2v) is 8.17. The largest absolute Gasteiger partial charge is 0.378 e. The topological polar surface area (TPSA) is 64.5 Å². The Bertz CT molecular complexity index is 1150. The molecule has 0 radical (unpaired) electrons. The van der Waals surface area contributed by atoms with Crippen molar-refractivity contribution in [3.63, 3.8) is 0 Å². The average Bonchev–Trinajstić information content (AvgIpc) is 3.09. The van der Waals surface area contributed by atoms with Crippen molar-refractivity contribution in [2.45, 2.75) is 19.0 Å². The first-order valence-electron chi connectivity index (χ1n) is 10.6. The third-order valence-electron chi connectivity index (χ3n) is 5.54. The number of benzene rings is 3. The molecule has 3 aromatic carbocycles. The third-order valence-corrected chi connectivity index (χ3v) is 5.54. The van der Waals surface area contributed by atoms with Crippen LogP contribution in [-0.2, 0) is 4.79 Å². The summed E-state index contributed by atoms with van der Waals surface area (Å²) in [5, 5.41) is 2.94. The summed E-state index contributed by atoms with van der Waals surface area (Å²) in [4.78, 5) is 27.9. The molecular weight excluding hydrogens is 400 g/mol. The lowest BCUT2D eigenvalue weighted by Gasteiger charge is -2.15. The molecular formula is C26H27N4O2+. The van der Waals surface area contributed by atoms with Gasteiger partial charge in [-0.25, -0.2) is 0 Å². The molecule has 2 N–H and O–H groups in total. The number of hydrogen-bond donors (Lipinski definition) is 2. The molecule has 0 bridgehead atoms. The summed E-state index contributed by atoms with van der Waals surface area (Å²) < 4.78 is 1.78. The van der Waals surface area contributed by atoms with Crippen molar-refractivity contribution in [2.24, 2.45) is 0 Å². The maximum Gasteiger partial charge on any atom is 0.304 e. The Kier molecular flexibility index (Phi) is 6.03. The van der Waals surface area contributed by atoms with E-state index in [1.54, 1.807) is 10.8 Å². The minimum Gasteiger partial charge on any atom is -0.378 e. The number of carbonyl (C=O) groups is 2. The molecule has 6 nitrogen and oxygen atoms in total. The Labute approximate surface area is 188 Å². The van der Waals surface area contributed by atoms with Crippen LogP contribution >= 0.6 is 0 Å². The monoisotopic (exact) mass is 427 g/mol. The molecule has 0 aromatic heterocycles.